The van der Waals surface area contributed by atoms with Crippen molar-refractivity contribution in [3.63, 3.8) is 0 Å². The summed E-state index contributed by atoms with van der Waals surface area (Å²) in [7, 11) is 0. The molecule has 0 aromatic heterocycles. The van der Waals surface area contributed by atoms with Crippen LogP contribution in [0, 0.1) is 16.0 Å². The standard InChI is InChI=1S/C18H23N3O4/c19-17(22)12-16(14-4-2-1-3-5-14)20-18(23)11-8-13-6-9-15(10-7-13)21(24)25/h6-11,14,16H,1-5,12H2,(H2,19,22)(H,20,23)/b11-8+/t16-/m1/s1. The molecule has 2 rings (SSSR count). The Bertz CT molecular complexity index is 649. The molecule has 1 aromatic carbocycles. The Labute approximate surface area is 146 Å². The number of nitro benzene ring substituents is 1. The van der Waals surface area contributed by atoms with E-state index in [0.717, 1.165) is 25.7 Å². The van der Waals surface area contributed by atoms with Crippen LogP contribution in [0.15, 0.2) is 30.3 Å². The maximum Gasteiger partial charge on any atom is 0.269 e. The first-order valence-electron chi connectivity index (χ1n) is 8.47. The first kappa shape index (κ1) is 18.6. The Hall–Kier alpha value is -2.70. The molecule has 25 heavy (non-hydrogen) atoms. The molecule has 0 radical (unpaired) electrons. The molecule has 1 atom stereocenters. The first-order valence-corrected chi connectivity index (χ1v) is 8.47. The van der Waals surface area contributed by atoms with Crippen molar-refractivity contribution in [3.8, 4) is 0 Å². The molecule has 7 heteroatoms. The lowest BCUT2D eigenvalue weighted by molar-refractivity contribution is -0.384. The lowest BCUT2D eigenvalue weighted by atomic mass is 9.82. The summed E-state index contributed by atoms with van der Waals surface area (Å²) in [5, 5.41) is 13.5. The summed E-state index contributed by atoms with van der Waals surface area (Å²) in [6.07, 6.45) is 8.48. The Morgan fingerprint density at radius 1 is 1.24 bits per heavy atom. The van der Waals surface area contributed by atoms with Crippen LogP contribution in [-0.4, -0.2) is 22.8 Å². The van der Waals surface area contributed by atoms with Crippen molar-refractivity contribution >= 4 is 23.6 Å². The fourth-order valence-corrected chi connectivity index (χ4v) is 3.20. The summed E-state index contributed by atoms with van der Waals surface area (Å²) in [5.74, 6) is -0.441. The third kappa shape index (κ3) is 6.02. The Morgan fingerprint density at radius 2 is 1.88 bits per heavy atom. The van der Waals surface area contributed by atoms with Crippen molar-refractivity contribution in [2.45, 2.75) is 44.6 Å². The van der Waals surface area contributed by atoms with E-state index in [1.807, 2.05) is 0 Å². The maximum atomic E-state index is 12.2. The molecule has 1 saturated carbocycles. The van der Waals surface area contributed by atoms with Crippen LogP contribution in [0.4, 0.5) is 5.69 Å². The second-order valence-corrected chi connectivity index (χ2v) is 6.37. The van der Waals surface area contributed by atoms with E-state index in [4.69, 9.17) is 5.73 Å². The van der Waals surface area contributed by atoms with Crippen molar-refractivity contribution in [2.75, 3.05) is 0 Å². The molecule has 0 saturated heterocycles. The molecule has 0 spiro atoms. The molecule has 2 amide bonds. The van der Waals surface area contributed by atoms with Gasteiger partial charge in [-0.1, -0.05) is 19.3 Å². The highest BCUT2D eigenvalue weighted by Crippen LogP contribution is 2.27. The fourth-order valence-electron chi connectivity index (χ4n) is 3.20. The number of nitrogens with one attached hydrogen (secondary N) is 1. The largest absolute Gasteiger partial charge is 0.370 e. The normalized spacial score (nSPS) is 16.5. The molecule has 3 N–H and O–H groups in total. The highest BCUT2D eigenvalue weighted by molar-refractivity contribution is 5.92. The molecule has 1 aliphatic carbocycles. The van der Waals surface area contributed by atoms with Crippen molar-refractivity contribution in [1.82, 2.24) is 5.32 Å². The van der Waals surface area contributed by atoms with Crippen LogP contribution in [0.3, 0.4) is 0 Å². The van der Waals surface area contributed by atoms with Gasteiger partial charge in [-0.25, -0.2) is 0 Å². The van der Waals surface area contributed by atoms with Crippen molar-refractivity contribution < 1.29 is 14.5 Å². The average molecular weight is 345 g/mol. The van der Waals surface area contributed by atoms with Crippen molar-refractivity contribution in [2.24, 2.45) is 11.7 Å². The van der Waals surface area contributed by atoms with Gasteiger partial charge in [-0.05, 0) is 42.5 Å². The second kappa shape index (κ2) is 8.96. The van der Waals surface area contributed by atoms with E-state index < -0.39 is 10.8 Å². The molecule has 1 aromatic rings. The third-order valence-corrected chi connectivity index (χ3v) is 4.50. The zero-order chi connectivity index (χ0) is 18.2. The number of carbonyl (C=O) groups excluding carboxylic acids is 2. The van der Waals surface area contributed by atoms with Crippen molar-refractivity contribution in [1.29, 1.82) is 0 Å². The number of non-ortho nitro benzene ring substituents is 1. The zero-order valence-corrected chi connectivity index (χ0v) is 14.0. The van der Waals surface area contributed by atoms with E-state index in [9.17, 15) is 19.7 Å². The highest BCUT2D eigenvalue weighted by atomic mass is 16.6. The van der Waals surface area contributed by atoms with Crippen LogP contribution < -0.4 is 11.1 Å². The van der Waals surface area contributed by atoms with Gasteiger partial charge in [-0.3, -0.25) is 19.7 Å². The van der Waals surface area contributed by atoms with Gasteiger partial charge in [-0.15, -0.1) is 0 Å². The summed E-state index contributed by atoms with van der Waals surface area (Å²) in [6.45, 7) is 0. The average Bonchev–Trinajstić information content (AvgIpc) is 2.60. The smallest absolute Gasteiger partial charge is 0.269 e. The minimum absolute atomic E-state index is 0.000391. The molecule has 0 heterocycles. The van der Waals surface area contributed by atoms with Gasteiger partial charge < -0.3 is 11.1 Å². The summed E-state index contributed by atoms with van der Waals surface area (Å²) >= 11 is 0. The van der Waals surface area contributed by atoms with E-state index >= 15 is 0 Å². The molecular formula is C18H23N3O4. The van der Waals surface area contributed by atoms with Crippen LogP contribution in [0.25, 0.3) is 6.08 Å². The predicted molar refractivity (Wildman–Crippen MR) is 94.4 cm³/mol. The van der Waals surface area contributed by atoms with Crippen LogP contribution in [0.1, 0.15) is 44.1 Å². The molecular weight excluding hydrogens is 322 g/mol. The number of benzene rings is 1. The molecule has 0 aliphatic heterocycles. The van der Waals surface area contributed by atoms with Gasteiger partial charge in [0.25, 0.3) is 5.69 Å². The Kier molecular flexibility index (Phi) is 6.68. The Balaban J connectivity index is 1.97. The molecule has 0 unspecified atom stereocenters. The lowest BCUT2D eigenvalue weighted by Crippen LogP contribution is -2.42. The third-order valence-electron chi connectivity index (χ3n) is 4.50. The molecule has 1 aliphatic rings. The number of hydrogen-bond donors (Lipinski definition) is 2. The van der Waals surface area contributed by atoms with Gasteiger partial charge in [0.05, 0.1) is 4.92 Å². The van der Waals surface area contributed by atoms with Gasteiger partial charge >= 0.3 is 0 Å². The van der Waals surface area contributed by atoms with Crippen LogP contribution in [0.5, 0.6) is 0 Å². The number of nitro groups is 1. The lowest BCUT2D eigenvalue weighted by Gasteiger charge is -2.30. The zero-order valence-electron chi connectivity index (χ0n) is 14.0. The number of amides is 2. The number of carbonyl (C=O) groups is 2. The van der Waals surface area contributed by atoms with Crippen LogP contribution >= 0.6 is 0 Å². The van der Waals surface area contributed by atoms with E-state index in [0.29, 0.717) is 5.56 Å². The molecule has 0 bridgehead atoms. The van der Waals surface area contributed by atoms with Gasteiger partial charge in [0.1, 0.15) is 0 Å². The van der Waals surface area contributed by atoms with E-state index in [1.54, 1.807) is 18.2 Å². The van der Waals surface area contributed by atoms with Crippen LogP contribution in [-0.2, 0) is 9.59 Å². The number of hydrogen-bond acceptors (Lipinski definition) is 4. The molecule has 1 fully saturated rings. The monoisotopic (exact) mass is 345 g/mol. The fraction of sp³-hybridized carbons (Fsp3) is 0.444. The van der Waals surface area contributed by atoms with E-state index in [1.165, 1.54) is 24.6 Å². The van der Waals surface area contributed by atoms with Gasteiger partial charge in [0, 0.05) is 30.7 Å². The molecule has 7 nitrogen and oxygen atoms in total. The summed E-state index contributed by atoms with van der Waals surface area (Å²) in [5.41, 5.74) is 6.00. The van der Waals surface area contributed by atoms with E-state index in [2.05, 4.69) is 5.32 Å². The quantitative estimate of drug-likeness (QED) is 0.449. The summed E-state index contributed by atoms with van der Waals surface area (Å²) in [4.78, 5) is 33.6. The van der Waals surface area contributed by atoms with E-state index in [-0.39, 0.29) is 30.0 Å². The number of primary amides is 1. The Morgan fingerprint density at radius 3 is 2.44 bits per heavy atom. The van der Waals surface area contributed by atoms with Gasteiger partial charge in [0.2, 0.25) is 11.8 Å². The molecule has 134 valence electrons. The minimum Gasteiger partial charge on any atom is -0.370 e. The van der Waals surface area contributed by atoms with Gasteiger partial charge in [-0.2, -0.15) is 0 Å². The van der Waals surface area contributed by atoms with Crippen LogP contribution in [0.2, 0.25) is 0 Å². The van der Waals surface area contributed by atoms with Gasteiger partial charge in [0.15, 0.2) is 0 Å². The SMILES string of the molecule is NC(=O)C[C@@H](NC(=O)/C=C/c1ccc([N+](=O)[O-])cc1)C1CCCCC1. The second-order valence-electron chi connectivity index (χ2n) is 6.37. The maximum absolute atomic E-state index is 12.2. The predicted octanol–water partition coefficient (Wildman–Crippen LogP) is 2.55. The summed E-state index contributed by atoms with van der Waals surface area (Å²) in [6, 6.07) is 5.67. The summed E-state index contributed by atoms with van der Waals surface area (Å²) < 4.78 is 0. The van der Waals surface area contributed by atoms with Crippen molar-refractivity contribution in [3.05, 3.63) is 46.0 Å². The number of rotatable bonds is 7. The number of nitrogens with two attached hydrogens (primary N) is 1. The minimum atomic E-state index is -0.473. The first-order chi connectivity index (χ1) is 12.0. The highest BCUT2D eigenvalue weighted by Gasteiger charge is 2.25. The topological polar surface area (TPSA) is 115 Å². The number of nitrogens with zero attached hydrogens (tertiary/aromatic N) is 1.